The third kappa shape index (κ3) is 5.67. The highest BCUT2D eigenvalue weighted by Crippen LogP contribution is 2.26. The van der Waals surface area contributed by atoms with Gasteiger partial charge >= 0.3 is 6.36 Å². The van der Waals surface area contributed by atoms with E-state index in [2.05, 4.69) is 4.74 Å². The lowest BCUT2D eigenvalue weighted by atomic mass is 9.83. The standard InChI is InChI=1S/C10H18F3NO2/c11-10(12,13)16-7-6-15-8-9(14)4-2-1-3-5-9/h1-8,14H2. The van der Waals surface area contributed by atoms with Crippen molar-refractivity contribution in [2.24, 2.45) is 5.73 Å². The molecule has 0 amide bonds. The number of nitrogens with two attached hydrogens (primary N) is 1. The SMILES string of the molecule is NC1(COCCOC(F)(F)F)CCCCC1. The molecule has 1 aliphatic carbocycles. The third-order valence-corrected chi connectivity index (χ3v) is 2.73. The highest BCUT2D eigenvalue weighted by Gasteiger charge is 2.29. The van der Waals surface area contributed by atoms with Crippen molar-refractivity contribution in [3.8, 4) is 0 Å². The maximum absolute atomic E-state index is 11.6. The van der Waals surface area contributed by atoms with E-state index in [-0.39, 0.29) is 12.1 Å². The molecule has 0 atom stereocenters. The molecule has 0 unspecified atom stereocenters. The van der Waals surface area contributed by atoms with E-state index >= 15 is 0 Å². The summed E-state index contributed by atoms with van der Waals surface area (Å²) in [4.78, 5) is 0. The predicted molar refractivity (Wildman–Crippen MR) is 52.8 cm³/mol. The van der Waals surface area contributed by atoms with E-state index in [0.29, 0.717) is 6.61 Å². The van der Waals surface area contributed by atoms with E-state index < -0.39 is 13.0 Å². The van der Waals surface area contributed by atoms with E-state index in [1.807, 2.05) is 0 Å². The summed E-state index contributed by atoms with van der Waals surface area (Å²) in [5.41, 5.74) is 5.69. The quantitative estimate of drug-likeness (QED) is 0.750. The van der Waals surface area contributed by atoms with Crippen LogP contribution in [0.2, 0.25) is 0 Å². The Morgan fingerprint density at radius 3 is 2.25 bits per heavy atom. The van der Waals surface area contributed by atoms with Crippen molar-refractivity contribution in [1.82, 2.24) is 0 Å². The smallest absolute Gasteiger partial charge is 0.377 e. The number of alkyl halides is 3. The van der Waals surface area contributed by atoms with Gasteiger partial charge in [-0.25, -0.2) is 0 Å². The Bertz CT molecular complexity index is 203. The number of hydrogen-bond acceptors (Lipinski definition) is 3. The molecule has 1 fully saturated rings. The summed E-state index contributed by atoms with van der Waals surface area (Å²) < 4.78 is 43.5. The molecule has 0 aromatic rings. The molecule has 3 nitrogen and oxygen atoms in total. The van der Waals surface area contributed by atoms with E-state index in [0.717, 1.165) is 25.7 Å². The van der Waals surface area contributed by atoms with Crippen LogP contribution in [-0.4, -0.2) is 31.7 Å². The molecule has 1 saturated carbocycles. The summed E-state index contributed by atoms with van der Waals surface area (Å²) in [7, 11) is 0. The van der Waals surface area contributed by atoms with Gasteiger partial charge in [-0.3, -0.25) is 4.74 Å². The minimum atomic E-state index is -4.57. The fourth-order valence-electron chi connectivity index (χ4n) is 1.89. The molecular formula is C10H18F3NO2. The lowest BCUT2D eigenvalue weighted by Crippen LogP contribution is -2.46. The van der Waals surface area contributed by atoms with Crippen molar-refractivity contribution in [2.45, 2.75) is 44.0 Å². The van der Waals surface area contributed by atoms with Crippen LogP contribution in [0.5, 0.6) is 0 Å². The lowest BCUT2D eigenvalue weighted by molar-refractivity contribution is -0.327. The van der Waals surface area contributed by atoms with Crippen molar-refractivity contribution in [3.05, 3.63) is 0 Å². The van der Waals surface area contributed by atoms with Gasteiger partial charge in [0.15, 0.2) is 0 Å². The molecule has 96 valence electrons. The van der Waals surface area contributed by atoms with Gasteiger partial charge in [-0.2, -0.15) is 0 Å². The van der Waals surface area contributed by atoms with Gasteiger partial charge in [0.1, 0.15) is 0 Å². The van der Waals surface area contributed by atoms with Gasteiger partial charge in [-0.1, -0.05) is 19.3 Å². The van der Waals surface area contributed by atoms with Crippen LogP contribution in [-0.2, 0) is 9.47 Å². The molecule has 0 aliphatic heterocycles. The van der Waals surface area contributed by atoms with Crippen LogP contribution < -0.4 is 5.73 Å². The Kier molecular flexibility index (Phi) is 5.01. The van der Waals surface area contributed by atoms with Crippen molar-refractivity contribution in [2.75, 3.05) is 19.8 Å². The van der Waals surface area contributed by atoms with Gasteiger partial charge in [0.05, 0.1) is 19.8 Å². The van der Waals surface area contributed by atoms with Crippen molar-refractivity contribution >= 4 is 0 Å². The fraction of sp³-hybridized carbons (Fsp3) is 1.00. The molecule has 2 N–H and O–H groups in total. The van der Waals surface area contributed by atoms with Gasteiger partial charge in [-0.15, -0.1) is 13.2 Å². The topological polar surface area (TPSA) is 44.5 Å². The van der Waals surface area contributed by atoms with E-state index in [1.54, 1.807) is 0 Å². The summed E-state index contributed by atoms with van der Waals surface area (Å²) in [6, 6.07) is 0. The maximum Gasteiger partial charge on any atom is 0.522 e. The van der Waals surface area contributed by atoms with Crippen molar-refractivity contribution in [3.63, 3.8) is 0 Å². The molecule has 0 saturated heterocycles. The largest absolute Gasteiger partial charge is 0.522 e. The first-order valence-electron chi connectivity index (χ1n) is 5.49. The molecule has 0 aromatic carbocycles. The molecule has 0 spiro atoms. The first-order valence-corrected chi connectivity index (χ1v) is 5.49. The second kappa shape index (κ2) is 5.84. The molecule has 1 aliphatic rings. The average Bonchev–Trinajstić information content (AvgIpc) is 2.16. The molecular weight excluding hydrogens is 223 g/mol. The summed E-state index contributed by atoms with van der Waals surface area (Å²) in [6.07, 6.45) is 0.503. The Hall–Kier alpha value is -0.330. The van der Waals surface area contributed by atoms with Gasteiger partial charge < -0.3 is 10.5 Å². The molecule has 0 aromatic heterocycles. The van der Waals surface area contributed by atoms with E-state index in [4.69, 9.17) is 10.5 Å². The minimum absolute atomic E-state index is 0.0710. The molecule has 0 bridgehead atoms. The Morgan fingerprint density at radius 2 is 1.69 bits per heavy atom. The number of halogens is 3. The zero-order valence-corrected chi connectivity index (χ0v) is 9.18. The predicted octanol–water partition coefficient (Wildman–Crippen LogP) is 2.20. The summed E-state index contributed by atoms with van der Waals surface area (Å²) in [5.74, 6) is 0. The monoisotopic (exact) mass is 241 g/mol. The van der Waals surface area contributed by atoms with Crippen LogP contribution in [0.3, 0.4) is 0 Å². The van der Waals surface area contributed by atoms with Gasteiger partial charge in [-0.05, 0) is 12.8 Å². The number of ether oxygens (including phenoxy) is 2. The van der Waals surface area contributed by atoms with E-state index in [1.165, 1.54) is 6.42 Å². The van der Waals surface area contributed by atoms with Gasteiger partial charge in [0.2, 0.25) is 0 Å². The van der Waals surface area contributed by atoms with Crippen molar-refractivity contribution < 1.29 is 22.6 Å². The van der Waals surface area contributed by atoms with E-state index in [9.17, 15) is 13.2 Å². The molecule has 0 heterocycles. The second-order valence-electron chi connectivity index (χ2n) is 4.27. The van der Waals surface area contributed by atoms with Crippen LogP contribution in [0.25, 0.3) is 0 Å². The van der Waals surface area contributed by atoms with Crippen LogP contribution >= 0.6 is 0 Å². The first kappa shape index (κ1) is 13.7. The van der Waals surface area contributed by atoms with Crippen LogP contribution in [0.1, 0.15) is 32.1 Å². The lowest BCUT2D eigenvalue weighted by Gasteiger charge is -2.32. The fourth-order valence-corrected chi connectivity index (χ4v) is 1.89. The van der Waals surface area contributed by atoms with Gasteiger partial charge in [0.25, 0.3) is 0 Å². The number of hydrogen-bond donors (Lipinski definition) is 1. The summed E-state index contributed by atoms with van der Waals surface area (Å²) >= 11 is 0. The molecule has 0 radical (unpaired) electrons. The van der Waals surface area contributed by atoms with Crippen LogP contribution in [0.4, 0.5) is 13.2 Å². The minimum Gasteiger partial charge on any atom is -0.377 e. The Labute approximate surface area is 93.1 Å². The van der Waals surface area contributed by atoms with Gasteiger partial charge in [0, 0.05) is 5.54 Å². The van der Waals surface area contributed by atoms with Crippen LogP contribution in [0.15, 0.2) is 0 Å². The normalized spacial score (nSPS) is 21.0. The number of rotatable bonds is 5. The highest BCUT2D eigenvalue weighted by molar-refractivity contribution is 4.86. The first-order chi connectivity index (χ1) is 7.41. The molecule has 6 heteroatoms. The summed E-state index contributed by atoms with van der Waals surface area (Å²) in [6.45, 7) is -0.230. The maximum atomic E-state index is 11.6. The van der Waals surface area contributed by atoms with Crippen molar-refractivity contribution in [1.29, 1.82) is 0 Å². The zero-order valence-electron chi connectivity index (χ0n) is 9.18. The van der Waals surface area contributed by atoms with Crippen LogP contribution in [0, 0.1) is 0 Å². The molecule has 16 heavy (non-hydrogen) atoms. The second-order valence-corrected chi connectivity index (χ2v) is 4.27. The molecule has 1 rings (SSSR count). The Morgan fingerprint density at radius 1 is 1.06 bits per heavy atom. The highest BCUT2D eigenvalue weighted by atomic mass is 19.4. The third-order valence-electron chi connectivity index (χ3n) is 2.73. The summed E-state index contributed by atoms with van der Waals surface area (Å²) in [5, 5.41) is 0. The zero-order chi connectivity index (χ0) is 12.1. The Balaban J connectivity index is 2.06. The average molecular weight is 241 g/mol.